The third kappa shape index (κ3) is 4.76. The molecule has 2 aromatic rings. The molecule has 1 aromatic heterocycles. The maximum atomic E-state index is 6.25. The molecule has 0 amide bonds. The van der Waals surface area contributed by atoms with E-state index in [1.54, 1.807) is 6.07 Å². The second-order valence-corrected chi connectivity index (χ2v) is 7.28. The number of hydrogen-bond acceptors (Lipinski definition) is 1. The molecule has 2 N–H and O–H groups in total. The smallest absolute Gasteiger partial charge is 0.158 e. The van der Waals surface area contributed by atoms with Crippen LogP contribution in [0.25, 0.3) is 11.3 Å². The SMILES string of the molecule is Clc1ccc(Cl)c(-c2ccc(C[NH2+]C3CCCCCCC3)o2)c1. The number of quaternary nitrogens is 1. The predicted molar refractivity (Wildman–Crippen MR) is 95.9 cm³/mol. The van der Waals surface area contributed by atoms with Gasteiger partial charge < -0.3 is 9.73 Å². The van der Waals surface area contributed by atoms with Gasteiger partial charge in [-0.2, -0.15) is 0 Å². The molecular formula is C19H24Cl2NO+. The molecule has 2 nitrogen and oxygen atoms in total. The Morgan fingerprint density at radius 1 is 0.957 bits per heavy atom. The lowest BCUT2D eigenvalue weighted by atomic mass is 9.97. The van der Waals surface area contributed by atoms with Crippen LogP contribution in [0, 0.1) is 0 Å². The van der Waals surface area contributed by atoms with E-state index < -0.39 is 0 Å². The summed E-state index contributed by atoms with van der Waals surface area (Å²) in [6.45, 7) is 0.892. The summed E-state index contributed by atoms with van der Waals surface area (Å²) in [5.41, 5.74) is 0.858. The van der Waals surface area contributed by atoms with Crippen LogP contribution < -0.4 is 5.32 Å². The summed E-state index contributed by atoms with van der Waals surface area (Å²) in [6.07, 6.45) is 9.58. The van der Waals surface area contributed by atoms with Gasteiger partial charge in [0, 0.05) is 10.6 Å². The molecule has 0 radical (unpaired) electrons. The molecule has 3 rings (SSSR count). The zero-order chi connectivity index (χ0) is 16.1. The van der Waals surface area contributed by atoms with E-state index in [1.165, 1.54) is 44.9 Å². The van der Waals surface area contributed by atoms with Gasteiger partial charge in [-0.3, -0.25) is 0 Å². The number of furan rings is 1. The fourth-order valence-corrected chi connectivity index (χ4v) is 3.71. The predicted octanol–water partition coefficient (Wildman–Crippen LogP) is 5.43. The van der Waals surface area contributed by atoms with E-state index in [1.807, 2.05) is 24.3 Å². The molecule has 23 heavy (non-hydrogen) atoms. The number of benzene rings is 1. The molecule has 0 unspecified atom stereocenters. The molecule has 1 heterocycles. The fraction of sp³-hybridized carbons (Fsp3) is 0.474. The van der Waals surface area contributed by atoms with Crippen molar-refractivity contribution in [1.82, 2.24) is 0 Å². The Labute approximate surface area is 148 Å². The lowest BCUT2D eigenvalue weighted by molar-refractivity contribution is -0.707. The summed E-state index contributed by atoms with van der Waals surface area (Å²) in [4.78, 5) is 0. The van der Waals surface area contributed by atoms with E-state index in [4.69, 9.17) is 27.6 Å². The van der Waals surface area contributed by atoms with Gasteiger partial charge in [-0.15, -0.1) is 0 Å². The standard InChI is InChI=1S/C19H23Cl2NO/c20-14-8-10-18(21)17(12-14)19-11-9-16(23-19)13-22-15-6-4-2-1-3-5-7-15/h8-12,15,22H,1-7,13H2/p+1. The molecule has 1 saturated carbocycles. The fourth-order valence-electron chi connectivity index (χ4n) is 3.32. The van der Waals surface area contributed by atoms with Gasteiger partial charge in [0.25, 0.3) is 0 Å². The third-order valence-corrected chi connectivity index (χ3v) is 5.22. The van der Waals surface area contributed by atoms with Gasteiger partial charge in [0.1, 0.15) is 12.3 Å². The Hall–Kier alpha value is -0.960. The van der Waals surface area contributed by atoms with Crippen LogP contribution >= 0.6 is 23.2 Å². The van der Waals surface area contributed by atoms with E-state index in [-0.39, 0.29) is 0 Å². The van der Waals surface area contributed by atoms with Crippen molar-refractivity contribution in [3.05, 3.63) is 46.1 Å². The molecule has 4 heteroatoms. The number of nitrogens with two attached hydrogens (primary N) is 1. The summed E-state index contributed by atoms with van der Waals surface area (Å²) in [5.74, 6) is 1.79. The Morgan fingerprint density at radius 3 is 2.48 bits per heavy atom. The Balaban J connectivity index is 1.61. The number of halogens is 2. The van der Waals surface area contributed by atoms with Gasteiger partial charge in [0.05, 0.1) is 11.1 Å². The average molecular weight is 353 g/mol. The minimum atomic E-state index is 0.666. The first-order valence-corrected chi connectivity index (χ1v) is 9.35. The summed E-state index contributed by atoms with van der Waals surface area (Å²) in [6, 6.07) is 10.2. The maximum Gasteiger partial charge on any atom is 0.158 e. The molecule has 0 atom stereocenters. The highest BCUT2D eigenvalue weighted by atomic mass is 35.5. The molecule has 1 aliphatic rings. The van der Waals surface area contributed by atoms with Crippen molar-refractivity contribution in [1.29, 1.82) is 0 Å². The number of rotatable bonds is 4. The molecular weight excluding hydrogens is 329 g/mol. The van der Waals surface area contributed by atoms with Crippen LogP contribution in [0.2, 0.25) is 10.0 Å². The topological polar surface area (TPSA) is 29.8 Å². The molecule has 0 spiro atoms. The molecule has 0 saturated heterocycles. The summed E-state index contributed by atoms with van der Waals surface area (Å²) < 4.78 is 5.98. The van der Waals surface area contributed by atoms with Crippen molar-refractivity contribution in [2.75, 3.05) is 0 Å². The van der Waals surface area contributed by atoms with Crippen LogP contribution in [0.4, 0.5) is 0 Å². The molecule has 1 aromatic carbocycles. The summed E-state index contributed by atoms with van der Waals surface area (Å²) in [7, 11) is 0. The Bertz CT molecular complexity index is 630. The second kappa shape index (κ2) is 8.23. The first kappa shape index (κ1) is 16.9. The van der Waals surface area contributed by atoms with Crippen molar-refractivity contribution in [3.8, 4) is 11.3 Å². The van der Waals surface area contributed by atoms with Crippen LogP contribution in [0.5, 0.6) is 0 Å². The van der Waals surface area contributed by atoms with Crippen LogP contribution in [-0.2, 0) is 6.54 Å². The molecule has 124 valence electrons. The van der Waals surface area contributed by atoms with Gasteiger partial charge in [0.15, 0.2) is 5.76 Å². The molecule has 1 aliphatic carbocycles. The van der Waals surface area contributed by atoms with Crippen LogP contribution in [0.15, 0.2) is 34.7 Å². The maximum absolute atomic E-state index is 6.25. The van der Waals surface area contributed by atoms with E-state index in [9.17, 15) is 0 Å². The molecule has 0 aliphatic heterocycles. The van der Waals surface area contributed by atoms with Crippen molar-refractivity contribution in [2.24, 2.45) is 0 Å². The summed E-state index contributed by atoms with van der Waals surface area (Å²) in [5, 5.41) is 3.77. The van der Waals surface area contributed by atoms with Crippen molar-refractivity contribution < 1.29 is 9.73 Å². The van der Waals surface area contributed by atoms with Gasteiger partial charge in [-0.1, -0.05) is 42.5 Å². The largest absolute Gasteiger partial charge is 0.455 e. The minimum Gasteiger partial charge on any atom is -0.455 e. The summed E-state index contributed by atoms with van der Waals surface area (Å²) >= 11 is 12.3. The lowest BCUT2D eigenvalue weighted by Crippen LogP contribution is -2.88. The van der Waals surface area contributed by atoms with Crippen molar-refractivity contribution in [3.63, 3.8) is 0 Å². The first-order valence-electron chi connectivity index (χ1n) is 8.60. The highest BCUT2D eigenvalue weighted by Gasteiger charge is 2.15. The van der Waals surface area contributed by atoms with Crippen molar-refractivity contribution >= 4 is 23.2 Å². The third-order valence-electron chi connectivity index (χ3n) is 4.66. The quantitative estimate of drug-likeness (QED) is 0.780. The van der Waals surface area contributed by atoms with Gasteiger partial charge in [-0.25, -0.2) is 0 Å². The van der Waals surface area contributed by atoms with Gasteiger partial charge in [0.2, 0.25) is 0 Å². The van der Waals surface area contributed by atoms with E-state index >= 15 is 0 Å². The zero-order valence-corrected chi connectivity index (χ0v) is 14.9. The van der Waals surface area contributed by atoms with Crippen LogP contribution in [0.3, 0.4) is 0 Å². The van der Waals surface area contributed by atoms with Gasteiger partial charge in [-0.05, 0) is 56.0 Å². The Morgan fingerprint density at radius 2 is 1.70 bits per heavy atom. The molecule has 0 bridgehead atoms. The normalized spacial score (nSPS) is 17.0. The van der Waals surface area contributed by atoms with E-state index in [0.29, 0.717) is 10.0 Å². The second-order valence-electron chi connectivity index (χ2n) is 6.44. The molecule has 1 fully saturated rings. The van der Waals surface area contributed by atoms with E-state index in [0.717, 1.165) is 29.7 Å². The zero-order valence-electron chi connectivity index (χ0n) is 13.4. The Kier molecular flexibility index (Phi) is 6.04. The highest BCUT2D eigenvalue weighted by Crippen LogP contribution is 2.31. The minimum absolute atomic E-state index is 0.666. The first-order chi connectivity index (χ1) is 11.2. The average Bonchev–Trinajstić information content (AvgIpc) is 2.97. The van der Waals surface area contributed by atoms with Crippen LogP contribution in [-0.4, -0.2) is 6.04 Å². The lowest BCUT2D eigenvalue weighted by Gasteiger charge is -2.17. The monoisotopic (exact) mass is 352 g/mol. The number of hydrogen-bond donors (Lipinski definition) is 1. The van der Waals surface area contributed by atoms with Crippen molar-refractivity contribution in [2.45, 2.75) is 57.5 Å². The van der Waals surface area contributed by atoms with Gasteiger partial charge >= 0.3 is 0 Å². The van der Waals surface area contributed by atoms with E-state index in [2.05, 4.69) is 5.32 Å². The highest BCUT2D eigenvalue weighted by molar-refractivity contribution is 6.35. The van der Waals surface area contributed by atoms with Crippen LogP contribution in [0.1, 0.15) is 50.7 Å².